The van der Waals surface area contributed by atoms with E-state index in [-0.39, 0.29) is 28.5 Å². The molecular weight excluding hydrogens is 429 g/mol. The van der Waals surface area contributed by atoms with E-state index in [0.717, 1.165) is 0 Å². The fourth-order valence-corrected chi connectivity index (χ4v) is 5.39. The lowest BCUT2D eigenvalue weighted by molar-refractivity contribution is 0.0616. The molecule has 1 fully saturated rings. The molecule has 0 saturated carbocycles. The number of hydrogen-bond acceptors (Lipinski definition) is 3. The topological polar surface area (TPSA) is 66.8 Å². The van der Waals surface area contributed by atoms with Crippen LogP contribution >= 0.6 is 23.2 Å². The Balaban J connectivity index is 2.45. The quantitative estimate of drug-likeness (QED) is 0.389. The molecule has 2 rings (SSSR count). The Hall–Kier alpha value is -1.08. The van der Waals surface area contributed by atoms with Gasteiger partial charge in [-0.2, -0.15) is 0 Å². The van der Waals surface area contributed by atoms with Gasteiger partial charge in [0.1, 0.15) is 5.54 Å². The van der Waals surface area contributed by atoms with E-state index in [2.05, 4.69) is 33.9 Å². The van der Waals surface area contributed by atoms with Crippen molar-refractivity contribution >= 4 is 43.4 Å². The van der Waals surface area contributed by atoms with Crippen LogP contribution in [0.25, 0.3) is 0 Å². The zero-order chi connectivity index (χ0) is 22.2. The lowest BCUT2D eigenvalue weighted by Gasteiger charge is -2.38. The molecule has 1 aromatic rings. The predicted octanol–water partition coefficient (Wildman–Crippen LogP) is 6.49. The number of carboxylic acid groups (broad SMARTS) is 1. The van der Waals surface area contributed by atoms with Gasteiger partial charge in [-0.3, -0.25) is 9.69 Å². The smallest absolute Gasteiger partial charge is 0.408 e. The molecule has 5 nitrogen and oxygen atoms in total. The molecule has 162 valence electrons. The number of ketones is 1. The molecule has 2 atom stereocenters. The number of nitrogens with zero attached hydrogens (tertiary/aromatic N) is 1. The molecule has 0 aromatic heterocycles. The van der Waals surface area contributed by atoms with E-state index in [1.165, 1.54) is 11.0 Å². The van der Waals surface area contributed by atoms with Crippen molar-refractivity contribution in [2.75, 3.05) is 6.54 Å². The highest BCUT2D eigenvalue weighted by Gasteiger charge is 2.54. The van der Waals surface area contributed by atoms with E-state index in [0.29, 0.717) is 29.8 Å². The molecule has 0 aliphatic carbocycles. The maximum Gasteiger partial charge on any atom is 0.408 e. The minimum absolute atomic E-state index is 0.00915. The summed E-state index contributed by atoms with van der Waals surface area (Å²) in [4.78, 5) is 27.0. The van der Waals surface area contributed by atoms with Crippen molar-refractivity contribution in [1.29, 1.82) is 0 Å². The normalized spacial score (nSPS) is 22.8. The van der Waals surface area contributed by atoms with Crippen LogP contribution in [-0.2, 0) is 4.43 Å². The van der Waals surface area contributed by atoms with Crippen LogP contribution in [0.1, 0.15) is 57.3 Å². The molecule has 0 bridgehead atoms. The van der Waals surface area contributed by atoms with Gasteiger partial charge in [-0.25, -0.2) is 4.79 Å². The third-order valence-electron chi connectivity index (χ3n) is 6.23. The first-order valence-electron chi connectivity index (χ1n) is 9.93. The van der Waals surface area contributed by atoms with Crippen molar-refractivity contribution in [2.24, 2.45) is 0 Å². The van der Waals surface area contributed by atoms with Gasteiger partial charge in [0.15, 0.2) is 14.1 Å². The van der Waals surface area contributed by atoms with E-state index in [4.69, 9.17) is 27.6 Å². The molecule has 1 heterocycles. The minimum Gasteiger partial charge on any atom is -0.465 e. The fourth-order valence-electron chi connectivity index (χ4n) is 3.75. The third-order valence-corrected chi connectivity index (χ3v) is 11.5. The van der Waals surface area contributed by atoms with Gasteiger partial charge in [0.25, 0.3) is 0 Å². The van der Waals surface area contributed by atoms with Gasteiger partial charge in [-0.05, 0) is 42.8 Å². The Morgan fingerprint density at radius 2 is 1.90 bits per heavy atom. The maximum atomic E-state index is 13.6. The van der Waals surface area contributed by atoms with E-state index < -0.39 is 19.9 Å². The molecule has 29 heavy (non-hydrogen) atoms. The lowest BCUT2D eigenvalue weighted by atomic mass is 9.82. The summed E-state index contributed by atoms with van der Waals surface area (Å²) in [7, 11) is -2.12. The zero-order valence-corrected chi connectivity index (χ0v) is 20.5. The molecule has 8 heteroatoms. The second-order valence-electron chi connectivity index (χ2n) is 9.34. The molecule has 2 unspecified atom stereocenters. The van der Waals surface area contributed by atoms with Crippen molar-refractivity contribution in [3.63, 3.8) is 0 Å². The largest absolute Gasteiger partial charge is 0.465 e. The van der Waals surface area contributed by atoms with Gasteiger partial charge in [0.05, 0.1) is 22.7 Å². The second kappa shape index (κ2) is 8.58. The summed E-state index contributed by atoms with van der Waals surface area (Å²) in [5.41, 5.74) is -0.794. The number of rotatable bonds is 6. The molecule has 1 saturated heterocycles. The SMILES string of the molecule is CCCC1(C(=O)c2ccc(Cl)c(Cl)c2)CC(O[Si](C)(C)C(C)(C)C)CN1C(=O)O. The second-order valence-corrected chi connectivity index (χ2v) is 14.9. The van der Waals surface area contributed by atoms with Crippen LogP contribution in [0.3, 0.4) is 0 Å². The summed E-state index contributed by atoms with van der Waals surface area (Å²) >= 11 is 12.1. The van der Waals surface area contributed by atoms with Gasteiger partial charge in [0, 0.05) is 12.0 Å². The summed E-state index contributed by atoms with van der Waals surface area (Å²) in [5.74, 6) is -0.248. The Labute approximate surface area is 184 Å². The Bertz CT molecular complexity index is 793. The first-order valence-corrected chi connectivity index (χ1v) is 13.6. The highest BCUT2D eigenvalue weighted by atomic mass is 35.5. The first-order chi connectivity index (χ1) is 13.2. The van der Waals surface area contributed by atoms with E-state index in [9.17, 15) is 14.7 Å². The number of carbonyl (C=O) groups is 2. The molecule has 1 aliphatic rings. The van der Waals surface area contributed by atoms with E-state index in [1.54, 1.807) is 12.1 Å². The van der Waals surface area contributed by atoms with Crippen LogP contribution in [0, 0.1) is 0 Å². The molecule has 0 radical (unpaired) electrons. The summed E-state index contributed by atoms with van der Waals surface area (Å²) < 4.78 is 6.51. The predicted molar refractivity (Wildman–Crippen MR) is 120 cm³/mol. The highest BCUT2D eigenvalue weighted by molar-refractivity contribution is 6.74. The molecule has 1 N–H and O–H groups in total. The van der Waals surface area contributed by atoms with Crippen LogP contribution in [-0.4, -0.2) is 48.4 Å². The monoisotopic (exact) mass is 459 g/mol. The Morgan fingerprint density at radius 1 is 1.28 bits per heavy atom. The van der Waals surface area contributed by atoms with Gasteiger partial charge < -0.3 is 9.53 Å². The van der Waals surface area contributed by atoms with Gasteiger partial charge in [-0.1, -0.05) is 57.3 Å². The van der Waals surface area contributed by atoms with E-state index in [1.807, 2.05) is 6.92 Å². The van der Waals surface area contributed by atoms with Crippen LogP contribution in [0.2, 0.25) is 28.2 Å². The van der Waals surface area contributed by atoms with Gasteiger partial charge in [0.2, 0.25) is 0 Å². The maximum absolute atomic E-state index is 13.6. The summed E-state index contributed by atoms with van der Waals surface area (Å²) in [6.07, 6.45) is 0.0245. The summed E-state index contributed by atoms with van der Waals surface area (Å²) in [5, 5.41) is 10.6. The number of halogens is 2. The first kappa shape index (κ1) is 24.2. The van der Waals surface area contributed by atoms with Crippen molar-refractivity contribution in [3.05, 3.63) is 33.8 Å². The molecule has 1 aromatic carbocycles. The fraction of sp³-hybridized carbons (Fsp3) is 0.619. The summed E-state index contributed by atoms with van der Waals surface area (Å²) in [6.45, 7) is 12.8. The Morgan fingerprint density at radius 3 is 2.38 bits per heavy atom. The zero-order valence-electron chi connectivity index (χ0n) is 18.0. The number of benzene rings is 1. The average Bonchev–Trinajstić information content (AvgIpc) is 2.95. The Kier molecular flexibility index (Phi) is 7.15. The van der Waals surface area contributed by atoms with Crippen molar-refractivity contribution < 1.29 is 19.1 Å². The lowest BCUT2D eigenvalue weighted by Crippen LogP contribution is -2.52. The third kappa shape index (κ3) is 4.81. The minimum atomic E-state index is -2.12. The van der Waals surface area contributed by atoms with E-state index >= 15 is 0 Å². The number of carbonyl (C=O) groups excluding carboxylic acids is 1. The average molecular weight is 460 g/mol. The molecular formula is C21H31Cl2NO4Si. The molecule has 1 amide bonds. The highest BCUT2D eigenvalue weighted by Crippen LogP contribution is 2.43. The molecule has 0 spiro atoms. The van der Waals surface area contributed by atoms with Gasteiger partial charge >= 0.3 is 6.09 Å². The number of likely N-dealkylation sites (tertiary alicyclic amines) is 1. The molecule has 1 aliphatic heterocycles. The number of Topliss-reactive ketones (excluding diaryl/α,β-unsaturated/α-hetero) is 1. The number of hydrogen-bond donors (Lipinski definition) is 1. The van der Waals surface area contributed by atoms with Crippen LogP contribution in [0.15, 0.2) is 18.2 Å². The van der Waals surface area contributed by atoms with Crippen molar-refractivity contribution in [2.45, 2.75) is 76.7 Å². The van der Waals surface area contributed by atoms with Gasteiger partial charge in [-0.15, -0.1) is 0 Å². The van der Waals surface area contributed by atoms with Crippen molar-refractivity contribution in [3.8, 4) is 0 Å². The van der Waals surface area contributed by atoms with Crippen LogP contribution < -0.4 is 0 Å². The standard InChI is InChI=1S/C21H31Cl2NO4Si/c1-7-10-21(18(25)14-8-9-16(22)17(23)11-14)12-15(13-24(21)19(26)27)28-29(5,6)20(2,3)4/h8-9,11,15H,7,10,12-13H2,1-6H3,(H,26,27). The van der Waals surface area contributed by atoms with Crippen molar-refractivity contribution in [1.82, 2.24) is 4.90 Å². The van der Waals surface area contributed by atoms with Crippen LogP contribution in [0.4, 0.5) is 4.79 Å². The summed E-state index contributed by atoms with van der Waals surface area (Å²) in [6, 6.07) is 4.70. The number of amides is 1. The van der Waals surface area contributed by atoms with Crippen LogP contribution in [0.5, 0.6) is 0 Å².